The molecule has 0 radical (unpaired) electrons. The molecule has 51 heavy (non-hydrogen) atoms. The number of carbonyl (C=O) groups is 3. The fourth-order valence-electron chi connectivity index (χ4n) is 5.40. The van der Waals surface area contributed by atoms with Crippen molar-refractivity contribution in [3.63, 3.8) is 0 Å². The first-order valence-electron chi connectivity index (χ1n) is 18.9. The Morgan fingerprint density at radius 3 is 2.25 bits per heavy atom. The van der Waals surface area contributed by atoms with Crippen molar-refractivity contribution in [3.8, 4) is 0 Å². The van der Waals surface area contributed by atoms with Crippen molar-refractivity contribution in [2.45, 2.75) is 142 Å². The van der Waals surface area contributed by atoms with Gasteiger partial charge in [-0.25, -0.2) is 4.57 Å². The Morgan fingerprint density at radius 2 is 1.55 bits per heavy atom. The highest BCUT2D eigenvalue weighted by atomic mass is 31.2. The van der Waals surface area contributed by atoms with Crippen LogP contribution in [0.2, 0.25) is 0 Å². The Labute approximate surface area is 305 Å². The molecule has 0 aromatic heterocycles. The van der Waals surface area contributed by atoms with E-state index in [0.717, 1.165) is 38.5 Å². The van der Waals surface area contributed by atoms with Crippen LogP contribution < -0.4 is 0 Å². The summed E-state index contributed by atoms with van der Waals surface area (Å²) in [6.07, 6.45) is 20.7. The van der Waals surface area contributed by atoms with Crippen molar-refractivity contribution < 1.29 is 57.7 Å². The van der Waals surface area contributed by atoms with Gasteiger partial charge in [-0.2, -0.15) is 0 Å². The first-order chi connectivity index (χ1) is 24.4. The predicted octanol–water partition coefficient (Wildman–Crippen LogP) is 6.69. The van der Waals surface area contributed by atoms with Crippen LogP contribution in [0.25, 0.3) is 0 Å². The van der Waals surface area contributed by atoms with Crippen molar-refractivity contribution in [2.24, 2.45) is 17.8 Å². The number of hydrogen-bond acceptors (Lipinski definition) is 11. The van der Waals surface area contributed by atoms with Gasteiger partial charge in [-0.3, -0.25) is 23.4 Å². The quantitative estimate of drug-likeness (QED) is 0.0255. The SMILES string of the molecule is CCCCC[C@H](O)/C=C/[C@H]1C(=O)C=C[C@@H]1C/C=C\CCCC(=O)O[C@H](COC(=O)CCCCCCCCC(C)C)COP(=O)(O)OC[C@@H](O)CO. The van der Waals surface area contributed by atoms with Crippen molar-refractivity contribution in [3.05, 3.63) is 36.5 Å². The van der Waals surface area contributed by atoms with Gasteiger partial charge in [0.1, 0.15) is 12.7 Å². The van der Waals surface area contributed by atoms with Crippen LogP contribution in [0.3, 0.4) is 0 Å². The van der Waals surface area contributed by atoms with E-state index in [2.05, 4.69) is 25.3 Å². The lowest BCUT2D eigenvalue weighted by atomic mass is 9.90. The molecular formula is C38H65O12P. The smallest absolute Gasteiger partial charge is 0.462 e. The minimum Gasteiger partial charge on any atom is -0.462 e. The van der Waals surface area contributed by atoms with Crippen LogP contribution in [-0.4, -0.2) is 82.7 Å². The molecule has 0 amide bonds. The summed E-state index contributed by atoms with van der Waals surface area (Å²) in [6.45, 7) is 4.23. The molecule has 294 valence electrons. The molecule has 0 heterocycles. The lowest BCUT2D eigenvalue weighted by Gasteiger charge is -2.20. The Balaban J connectivity index is 2.53. The maximum Gasteiger partial charge on any atom is 0.472 e. The van der Waals surface area contributed by atoms with Crippen LogP contribution in [0.15, 0.2) is 36.5 Å². The van der Waals surface area contributed by atoms with Crippen molar-refractivity contribution in [1.82, 2.24) is 0 Å². The van der Waals surface area contributed by atoms with E-state index in [9.17, 15) is 34.1 Å². The van der Waals surface area contributed by atoms with E-state index in [1.165, 1.54) is 19.3 Å². The molecule has 4 N–H and O–H groups in total. The maximum atomic E-state index is 12.6. The third-order valence-electron chi connectivity index (χ3n) is 8.47. The lowest BCUT2D eigenvalue weighted by molar-refractivity contribution is -0.161. The van der Waals surface area contributed by atoms with Gasteiger partial charge in [-0.1, -0.05) is 109 Å². The molecule has 0 saturated carbocycles. The number of aliphatic hydroxyl groups is 3. The average Bonchev–Trinajstić information content (AvgIpc) is 3.44. The van der Waals surface area contributed by atoms with Crippen LogP contribution in [-0.2, 0) is 37.5 Å². The number of allylic oxidation sites excluding steroid dienone is 5. The number of ether oxygens (including phenoxy) is 2. The van der Waals surface area contributed by atoms with E-state index < -0.39 is 57.9 Å². The largest absolute Gasteiger partial charge is 0.472 e. The predicted molar refractivity (Wildman–Crippen MR) is 195 cm³/mol. The normalized spacial score (nSPS) is 19.2. The monoisotopic (exact) mass is 744 g/mol. The lowest BCUT2D eigenvalue weighted by Crippen LogP contribution is -2.29. The highest BCUT2D eigenvalue weighted by molar-refractivity contribution is 7.47. The summed E-state index contributed by atoms with van der Waals surface area (Å²) < 4.78 is 32.5. The minimum atomic E-state index is -4.67. The third-order valence-corrected chi connectivity index (χ3v) is 9.42. The molecule has 1 rings (SSSR count). The Kier molecular flexibility index (Phi) is 26.0. The molecule has 0 aromatic carbocycles. The first-order valence-corrected chi connectivity index (χ1v) is 20.4. The maximum absolute atomic E-state index is 12.6. The molecule has 13 heteroatoms. The van der Waals surface area contributed by atoms with Crippen LogP contribution in [0.4, 0.5) is 0 Å². The van der Waals surface area contributed by atoms with E-state index in [4.69, 9.17) is 19.1 Å². The first kappa shape index (κ1) is 46.8. The zero-order valence-electron chi connectivity index (χ0n) is 31.1. The summed E-state index contributed by atoms with van der Waals surface area (Å²) in [6, 6.07) is 0. The topological polar surface area (TPSA) is 186 Å². The number of phosphoric acid groups is 1. The van der Waals surface area contributed by atoms with Gasteiger partial charge >= 0.3 is 19.8 Å². The second-order valence-corrected chi connectivity index (χ2v) is 15.2. The summed E-state index contributed by atoms with van der Waals surface area (Å²) in [7, 11) is -4.67. The van der Waals surface area contributed by atoms with Gasteiger partial charge in [0.05, 0.1) is 25.9 Å². The van der Waals surface area contributed by atoms with Crippen LogP contribution in [0.1, 0.15) is 124 Å². The van der Waals surface area contributed by atoms with E-state index in [1.807, 2.05) is 24.3 Å². The number of phosphoric ester groups is 1. The van der Waals surface area contributed by atoms with Gasteiger partial charge < -0.3 is 29.7 Å². The van der Waals surface area contributed by atoms with Crippen molar-refractivity contribution in [1.29, 1.82) is 0 Å². The number of unbranched alkanes of at least 4 members (excludes halogenated alkanes) is 8. The molecule has 12 nitrogen and oxygen atoms in total. The number of hydrogen-bond donors (Lipinski definition) is 4. The second-order valence-electron chi connectivity index (χ2n) is 13.7. The molecule has 1 aliphatic rings. The van der Waals surface area contributed by atoms with Gasteiger partial charge in [0.15, 0.2) is 11.9 Å². The molecule has 0 aliphatic heterocycles. The van der Waals surface area contributed by atoms with Gasteiger partial charge in [-0.05, 0) is 50.0 Å². The number of esters is 2. The molecule has 0 spiro atoms. The second kappa shape index (κ2) is 28.3. The fraction of sp³-hybridized carbons (Fsp3) is 0.763. The van der Waals surface area contributed by atoms with Crippen molar-refractivity contribution in [2.75, 3.05) is 26.4 Å². The Morgan fingerprint density at radius 1 is 0.882 bits per heavy atom. The Bertz CT molecular complexity index is 1100. The molecule has 1 unspecified atom stereocenters. The minimum absolute atomic E-state index is 0.000724. The third kappa shape index (κ3) is 24.6. The summed E-state index contributed by atoms with van der Waals surface area (Å²) >= 11 is 0. The van der Waals surface area contributed by atoms with Gasteiger partial charge in [0.25, 0.3) is 0 Å². The Hall–Kier alpha value is -2.18. The van der Waals surface area contributed by atoms with Crippen molar-refractivity contribution >= 4 is 25.5 Å². The fourth-order valence-corrected chi connectivity index (χ4v) is 6.19. The van der Waals surface area contributed by atoms with Gasteiger partial charge in [0.2, 0.25) is 0 Å². The molecular weight excluding hydrogens is 679 g/mol. The summed E-state index contributed by atoms with van der Waals surface area (Å²) in [5.41, 5.74) is 0. The van der Waals surface area contributed by atoms with Crippen LogP contribution >= 0.6 is 7.82 Å². The number of ketones is 1. The summed E-state index contributed by atoms with van der Waals surface area (Å²) in [5, 5.41) is 28.5. The van der Waals surface area contributed by atoms with Gasteiger partial charge in [-0.15, -0.1) is 0 Å². The molecule has 1 aliphatic carbocycles. The van der Waals surface area contributed by atoms with Crippen LogP contribution in [0, 0.1) is 17.8 Å². The highest BCUT2D eigenvalue weighted by Gasteiger charge is 2.28. The van der Waals surface area contributed by atoms with E-state index in [0.29, 0.717) is 38.0 Å². The molecule has 6 atom stereocenters. The highest BCUT2D eigenvalue weighted by Crippen LogP contribution is 2.43. The number of rotatable bonds is 31. The van der Waals surface area contributed by atoms with E-state index >= 15 is 0 Å². The number of aliphatic hydroxyl groups excluding tert-OH is 3. The zero-order chi connectivity index (χ0) is 37.9. The summed E-state index contributed by atoms with van der Waals surface area (Å²) in [4.78, 5) is 47.2. The average molecular weight is 745 g/mol. The summed E-state index contributed by atoms with van der Waals surface area (Å²) in [5.74, 6) is -0.666. The van der Waals surface area contributed by atoms with Crippen LogP contribution in [0.5, 0.6) is 0 Å². The standard InChI is InChI=1S/C38H65O12P/c1-4-5-12-19-32(40)23-24-35-31(22-25-36(35)42)18-14-10-11-16-21-38(44)50-34(29-49-51(45,46)48-27-33(41)26-39)28-47-37(43)20-15-9-7-6-8-13-17-30(2)3/h10,14,22-25,30-35,39-41H,4-9,11-13,15-21,26-29H2,1-3H3,(H,45,46)/b14-10-,24-23+/t31-,32-,33-,34+,35+/m0/s1. The zero-order valence-corrected chi connectivity index (χ0v) is 32.0. The molecule has 0 bridgehead atoms. The number of carbonyl (C=O) groups excluding carboxylic acids is 3. The molecule has 0 fully saturated rings. The molecule has 0 aromatic rings. The van der Waals surface area contributed by atoms with E-state index in [1.54, 1.807) is 12.2 Å². The molecule has 0 saturated heterocycles. The van der Waals surface area contributed by atoms with E-state index in [-0.39, 0.29) is 37.1 Å². The van der Waals surface area contributed by atoms with Gasteiger partial charge in [0, 0.05) is 18.8 Å².